The van der Waals surface area contributed by atoms with Crippen LogP contribution in [0.15, 0.2) is 83.8 Å². The molecule has 4 aromatic rings. The van der Waals surface area contributed by atoms with Crippen molar-refractivity contribution in [1.82, 2.24) is 9.29 Å². The minimum Gasteiger partial charge on any atom is -0.508 e. The highest BCUT2D eigenvalue weighted by Gasteiger charge is 2.32. The number of carbonyl (C=O) groups is 2. The standard InChI is InChI=1S/C31H24F2N2O5S/c32-21-9-7-20(26(33)16-21)17-35-27-14-8-19(18-5-6-18)15-25(27)29(24-3-1-2-4-28(24)37)30(35)31(38)34-41(39,40)23-12-10-22(36)11-13-23/h1-3,7-16,18,36H,4-6,17H2,(H,34,38). The number of aromatic hydroxyl groups is 1. The Morgan fingerprint density at radius 1 is 1.02 bits per heavy atom. The summed E-state index contributed by atoms with van der Waals surface area (Å²) in [7, 11) is -4.40. The summed E-state index contributed by atoms with van der Waals surface area (Å²) in [6.07, 6.45) is 7.07. The third kappa shape index (κ3) is 5.06. The molecule has 1 heterocycles. The molecule has 2 aliphatic rings. The smallest absolute Gasteiger partial charge is 0.282 e. The van der Waals surface area contributed by atoms with E-state index >= 15 is 0 Å². The van der Waals surface area contributed by atoms with Gasteiger partial charge in [-0.15, -0.1) is 0 Å². The average Bonchev–Trinajstić information content (AvgIpc) is 3.73. The number of hydrogen-bond donors (Lipinski definition) is 2. The van der Waals surface area contributed by atoms with Crippen molar-refractivity contribution in [3.05, 3.63) is 113 Å². The molecule has 0 atom stereocenters. The van der Waals surface area contributed by atoms with Crippen LogP contribution in [-0.2, 0) is 21.4 Å². The number of nitrogens with one attached hydrogen (secondary N) is 1. The fourth-order valence-electron chi connectivity index (χ4n) is 5.16. The van der Waals surface area contributed by atoms with Gasteiger partial charge >= 0.3 is 0 Å². The van der Waals surface area contributed by atoms with Crippen LogP contribution < -0.4 is 4.72 Å². The predicted octanol–water partition coefficient (Wildman–Crippen LogP) is 5.58. The van der Waals surface area contributed by atoms with Crippen molar-refractivity contribution in [3.8, 4) is 5.75 Å². The molecule has 6 rings (SSSR count). The number of rotatable bonds is 7. The van der Waals surface area contributed by atoms with Gasteiger partial charge in [0.2, 0.25) is 0 Å². The number of nitrogens with zero attached hydrogens (tertiary/aromatic N) is 1. The summed E-state index contributed by atoms with van der Waals surface area (Å²) >= 11 is 0. The van der Waals surface area contributed by atoms with Crippen LogP contribution >= 0.6 is 0 Å². The van der Waals surface area contributed by atoms with Gasteiger partial charge in [-0.3, -0.25) is 9.59 Å². The van der Waals surface area contributed by atoms with Crippen LogP contribution in [0.3, 0.4) is 0 Å². The van der Waals surface area contributed by atoms with E-state index in [0.29, 0.717) is 16.8 Å². The van der Waals surface area contributed by atoms with Gasteiger partial charge in [0.25, 0.3) is 15.9 Å². The largest absolute Gasteiger partial charge is 0.508 e. The van der Waals surface area contributed by atoms with Gasteiger partial charge in [0, 0.05) is 40.1 Å². The maximum Gasteiger partial charge on any atom is 0.282 e. The van der Waals surface area contributed by atoms with E-state index in [4.69, 9.17) is 0 Å². The van der Waals surface area contributed by atoms with Gasteiger partial charge in [0.15, 0.2) is 5.78 Å². The molecule has 1 amide bonds. The first-order valence-corrected chi connectivity index (χ1v) is 14.5. The highest BCUT2D eigenvalue weighted by Crippen LogP contribution is 2.43. The summed E-state index contributed by atoms with van der Waals surface area (Å²) in [5.41, 5.74) is 1.92. The van der Waals surface area contributed by atoms with Crippen LogP contribution in [0.5, 0.6) is 5.75 Å². The summed E-state index contributed by atoms with van der Waals surface area (Å²) in [4.78, 5) is 26.8. The maximum atomic E-state index is 14.9. The number of phenols is 1. The molecule has 1 aromatic heterocycles. The number of Topliss-reactive ketones (excluding diaryl/α,β-unsaturated/α-hetero) is 1. The molecule has 1 fully saturated rings. The van der Waals surface area contributed by atoms with Gasteiger partial charge in [0.1, 0.15) is 23.1 Å². The van der Waals surface area contributed by atoms with Crippen LogP contribution in [0.4, 0.5) is 8.78 Å². The zero-order chi connectivity index (χ0) is 28.9. The van der Waals surface area contributed by atoms with E-state index in [2.05, 4.69) is 4.72 Å². The van der Waals surface area contributed by atoms with Gasteiger partial charge in [-0.25, -0.2) is 21.9 Å². The second kappa shape index (κ2) is 10.1. The number of amides is 1. The highest BCUT2D eigenvalue weighted by molar-refractivity contribution is 7.90. The Hall–Kier alpha value is -4.57. The summed E-state index contributed by atoms with van der Waals surface area (Å²) < 4.78 is 58.5. The Labute approximate surface area is 234 Å². The number of benzene rings is 3. The Balaban J connectivity index is 1.58. The third-order valence-electron chi connectivity index (χ3n) is 7.34. The Bertz CT molecular complexity index is 1900. The fourth-order valence-corrected chi connectivity index (χ4v) is 6.11. The predicted molar refractivity (Wildman–Crippen MR) is 149 cm³/mol. The molecular formula is C31H24F2N2O5S. The molecule has 0 spiro atoms. The number of allylic oxidation sites excluding steroid dienone is 4. The van der Waals surface area contributed by atoms with Crippen LogP contribution in [0.2, 0.25) is 0 Å². The highest BCUT2D eigenvalue weighted by atomic mass is 32.2. The monoisotopic (exact) mass is 574 g/mol. The van der Waals surface area contributed by atoms with E-state index in [1.807, 2.05) is 12.1 Å². The van der Waals surface area contributed by atoms with E-state index in [1.54, 1.807) is 24.3 Å². The van der Waals surface area contributed by atoms with Crippen LogP contribution in [0.1, 0.15) is 52.4 Å². The lowest BCUT2D eigenvalue weighted by Crippen LogP contribution is -2.33. The summed E-state index contributed by atoms with van der Waals surface area (Å²) in [5, 5.41) is 10.1. The van der Waals surface area contributed by atoms with Crippen molar-refractivity contribution in [1.29, 1.82) is 0 Å². The zero-order valence-electron chi connectivity index (χ0n) is 21.6. The van der Waals surface area contributed by atoms with Gasteiger partial charge < -0.3 is 9.67 Å². The number of hydrogen-bond acceptors (Lipinski definition) is 5. The van der Waals surface area contributed by atoms with Crippen LogP contribution in [0.25, 0.3) is 16.5 Å². The van der Waals surface area contributed by atoms with Crippen molar-refractivity contribution in [2.24, 2.45) is 0 Å². The minimum atomic E-state index is -4.40. The third-order valence-corrected chi connectivity index (χ3v) is 8.69. The molecule has 0 radical (unpaired) electrons. The topological polar surface area (TPSA) is 105 Å². The van der Waals surface area contributed by atoms with Crippen molar-refractivity contribution < 1.29 is 31.9 Å². The Morgan fingerprint density at radius 2 is 1.78 bits per heavy atom. The summed E-state index contributed by atoms with van der Waals surface area (Å²) in [6, 6.07) is 13.3. The second-order valence-electron chi connectivity index (χ2n) is 10.2. The Morgan fingerprint density at radius 3 is 2.46 bits per heavy atom. The number of fused-ring (bicyclic) bond motifs is 1. The molecule has 1 saturated carbocycles. The summed E-state index contributed by atoms with van der Waals surface area (Å²) in [6.45, 7) is -0.231. The molecule has 0 unspecified atom stereocenters. The van der Waals surface area contributed by atoms with Crippen LogP contribution in [0, 0.1) is 11.6 Å². The number of aromatic nitrogens is 1. The van der Waals surface area contributed by atoms with E-state index in [-0.39, 0.29) is 51.8 Å². The molecule has 2 aliphatic carbocycles. The minimum absolute atomic E-state index is 0.0698. The number of ketones is 1. The van der Waals surface area contributed by atoms with Gasteiger partial charge in [-0.1, -0.05) is 30.4 Å². The van der Waals surface area contributed by atoms with Crippen molar-refractivity contribution in [3.63, 3.8) is 0 Å². The maximum absolute atomic E-state index is 14.9. The van der Waals surface area contributed by atoms with Crippen molar-refractivity contribution in [2.75, 3.05) is 0 Å². The summed E-state index contributed by atoms with van der Waals surface area (Å²) in [5.74, 6) is -2.69. The first-order valence-electron chi connectivity index (χ1n) is 13.0. The molecule has 0 aliphatic heterocycles. The molecular weight excluding hydrogens is 550 g/mol. The van der Waals surface area contributed by atoms with Gasteiger partial charge in [-0.2, -0.15) is 0 Å². The first kappa shape index (κ1) is 26.6. The van der Waals surface area contributed by atoms with Crippen LogP contribution in [-0.4, -0.2) is 29.8 Å². The van der Waals surface area contributed by atoms with Gasteiger partial charge in [0.05, 0.1) is 11.4 Å². The van der Waals surface area contributed by atoms with Crippen molar-refractivity contribution >= 4 is 38.2 Å². The molecule has 10 heteroatoms. The SMILES string of the molecule is O=C1CC=CC=C1c1c(C(=O)NS(=O)(=O)c2ccc(O)cc2)n(Cc2ccc(F)cc2F)c2ccc(C3CC3)cc12. The lowest BCUT2D eigenvalue weighted by Gasteiger charge is -2.15. The quantitative estimate of drug-likeness (QED) is 0.300. The number of halogens is 2. The van der Waals surface area contributed by atoms with E-state index < -0.39 is 27.6 Å². The molecule has 2 N–H and O–H groups in total. The molecule has 3 aromatic carbocycles. The Kier molecular flexibility index (Phi) is 6.57. The zero-order valence-corrected chi connectivity index (χ0v) is 22.4. The van der Waals surface area contributed by atoms with Crippen molar-refractivity contribution in [2.45, 2.75) is 36.6 Å². The molecule has 7 nitrogen and oxygen atoms in total. The molecule has 41 heavy (non-hydrogen) atoms. The molecule has 0 saturated heterocycles. The number of sulfonamides is 1. The average molecular weight is 575 g/mol. The first-order chi connectivity index (χ1) is 19.6. The molecule has 208 valence electrons. The lowest BCUT2D eigenvalue weighted by atomic mass is 9.92. The van der Waals surface area contributed by atoms with E-state index in [9.17, 15) is 31.9 Å². The lowest BCUT2D eigenvalue weighted by molar-refractivity contribution is -0.113. The van der Waals surface area contributed by atoms with E-state index in [1.165, 1.54) is 22.8 Å². The number of carbonyl (C=O) groups excluding carboxylic acids is 2. The van der Waals surface area contributed by atoms with E-state index in [0.717, 1.165) is 42.7 Å². The molecule has 0 bridgehead atoms. The van der Waals surface area contributed by atoms with Gasteiger partial charge in [-0.05, 0) is 66.8 Å². The second-order valence-corrected chi connectivity index (χ2v) is 11.8. The number of phenolic OH excluding ortho intramolecular Hbond substituents is 1. The normalized spacial score (nSPS) is 15.3. The fraction of sp³-hybridized carbons (Fsp3) is 0.161.